The van der Waals surface area contributed by atoms with E-state index < -0.39 is 0 Å². The van der Waals surface area contributed by atoms with E-state index in [1.165, 1.54) is 0 Å². The highest BCUT2D eigenvalue weighted by molar-refractivity contribution is 5.92. The van der Waals surface area contributed by atoms with Crippen LogP contribution in [0.5, 0.6) is 17.2 Å². The van der Waals surface area contributed by atoms with Crippen molar-refractivity contribution in [2.75, 3.05) is 26.1 Å². The summed E-state index contributed by atoms with van der Waals surface area (Å²) in [4.78, 5) is 20.8. The highest BCUT2D eigenvalue weighted by atomic mass is 16.5. The van der Waals surface area contributed by atoms with Crippen LogP contribution in [0.15, 0.2) is 30.3 Å². The van der Waals surface area contributed by atoms with E-state index in [4.69, 9.17) is 14.2 Å². The molecule has 2 heterocycles. The van der Waals surface area contributed by atoms with Gasteiger partial charge in [-0.2, -0.15) is 0 Å². The van der Waals surface area contributed by atoms with E-state index in [-0.39, 0.29) is 18.4 Å². The molecular weight excluding hydrogens is 370 g/mol. The first-order valence-electron chi connectivity index (χ1n) is 9.42. The molecule has 1 atom stereocenters. The number of ketones is 1. The molecule has 0 amide bonds. The van der Waals surface area contributed by atoms with Gasteiger partial charge in [-0.1, -0.05) is 6.07 Å². The number of methoxy groups -OCH3 is 2. The third-order valence-electron chi connectivity index (χ3n) is 5.03. The number of rotatable bonds is 5. The van der Waals surface area contributed by atoms with E-state index in [9.17, 15) is 4.79 Å². The number of anilines is 1. The van der Waals surface area contributed by atoms with Crippen LogP contribution in [0.2, 0.25) is 0 Å². The van der Waals surface area contributed by atoms with Crippen molar-refractivity contribution in [3.05, 3.63) is 47.3 Å². The Bertz CT molecular complexity index is 1100. The number of Topliss-reactive ketones (excluding diaryl/α,β-unsaturated/α-hetero) is 1. The minimum absolute atomic E-state index is 0.0390. The summed E-state index contributed by atoms with van der Waals surface area (Å²) >= 11 is 0. The molecular formula is C22H23N3O4. The van der Waals surface area contributed by atoms with Crippen LogP contribution in [-0.2, 0) is 11.2 Å². The summed E-state index contributed by atoms with van der Waals surface area (Å²) in [6, 6.07) is 9.63. The summed E-state index contributed by atoms with van der Waals surface area (Å²) < 4.78 is 16.3. The van der Waals surface area contributed by atoms with Crippen molar-refractivity contribution < 1.29 is 19.0 Å². The van der Waals surface area contributed by atoms with Crippen LogP contribution in [0.4, 0.5) is 5.82 Å². The van der Waals surface area contributed by atoms with E-state index in [0.717, 1.165) is 27.8 Å². The molecule has 1 aliphatic heterocycles. The Morgan fingerprint density at radius 3 is 2.62 bits per heavy atom. The molecule has 0 spiro atoms. The van der Waals surface area contributed by atoms with Gasteiger partial charge in [0.05, 0.1) is 19.7 Å². The summed E-state index contributed by atoms with van der Waals surface area (Å²) in [5.41, 5.74) is 2.74. The van der Waals surface area contributed by atoms with Crippen molar-refractivity contribution in [3.63, 3.8) is 0 Å². The summed E-state index contributed by atoms with van der Waals surface area (Å²) in [5, 5.41) is 4.32. The lowest BCUT2D eigenvalue weighted by atomic mass is 9.99. The predicted octanol–water partition coefficient (Wildman–Crippen LogP) is 3.63. The number of aromatic nitrogens is 2. The number of hydrogen-bond donors (Lipinski definition) is 1. The van der Waals surface area contributed by atoms with Gasteiger partial charge in [0.1, 0.15) is 24.0 Å². The first kappa shape index (κ1) is 19.0. The molecule has 0 saturated carbocycles. The van der Waals surface area contributed by atoms with Gasteiger partial charge in [0.15, 0.2) is 17.3 Å². The molecule has 1 aliphatic rings. The molecule has 29 heavy (non-hydrogen) atoms. The quantitative estimate of drug-likeness (QED) is 0.709. The number of aryl methyl sites for hydroxylation is 1. The van der Waals surface area contributed by atoms with Crippen LogP contribution in [0.1, 0.15) is 29.9 Å². The lowest BCUT2D eigenvalue weighted by Crippen LogP contribution is -2.20. The summed E-state index contributed by atoms with van der Waals surface area (Å²) in [7, 11) is 3.20. The lowest BCUT2D eigenvalue weighted by molar-refractivity contribution is -0.121. The minimum Gasteiger partial charge on any atom is -0.493 e. The second kappa shape index (κ2) is 7.58. The molecule has 3 aromatic rings. The zero-order chi connectivity index (χ0) is 20.5. The van der Waals surface area contributed by atoms with Crippen LogP contribution in [0.3, 0.4) is 0 Å². The zero-order valence-corrected chi connectivity index (χ0v) is 16.9. The SMILES string of the molecule is COc1cc2nc(C)nc(NC(C)c3ccc4c(c3)CC(=O)CO4)c2cc1OC. The normalized spacial score (nSPS) is 14.1. The number of nitrogens with zero attached hydrogens (tertiary/aromatic N) is 2. The molecule has 7 heteroatoms. The molecule has 1 N–H and O–H groups in total. The summed E-state index contributed by atoms with van der Waals surface area (Å²) in [6.07, 6.45) is 0.405. The van der Waals surface area contributed by atoms with Crippen LogP contribution >= 0.6 is 0 Å². The molecule has 1 unspecified atom stereocenters. The first-order valence-corrected chi connectivity index (χ1v) is 9.42. The Balaban J connectivity index is 1.70. The van der Waals surface area contributed by atoms with E-state index in [2.05, 4.69) is 22.2 Å². The minimum atomic E-state index is -0.0390. The van der Waals surface area contributed by atoms with E-state index >= 15 is 0 Å². The molecule has 0 radical (unpaired) electrons. The number of carbonyl (C=O) groups is 1. The Kier molecular flexibility index (Phi) is 4.96. The van der Waals surface area contributed by atoms with E-state index in [0.29, 0.717) is 29.6 Å². The van der Waals surface area contributed by atoms with Gasteiger partial charge in [0, 0.05) is 29.5 Å². The molecule has 0 fully saturated rings. The average molecular weight is 393 g/mol. The van der Waals surface area contributed by atoms with Gasteiger partial charge in [0.25, 0.3) is 0 Å². The second-order valence-corrected chi connectivity index (χ2v) is 7.08. The predicted molar refractivity (Wildman–Crippen MR) is 110 cm³/mol. The van der Waals surface area contributed by atoms with Crippen LogP contribution in [-0.4, -0.2) is 36.6 Å². The highest BCUT2D eigenvalue weighted by Crippen LogP contribution is 2.35. The second-order valence-electron chi connectivity index (χ2n) is 7.08. The zero-order valence-electron chi connectivity index (χ0n) is 16.9. The van der Waals surface area contributed by atoms with Gasteiger partial charge in [-0.3, -0.25) is 4.79 Å². The molecule has 150 valence electrons. The maximum absolute atomic E-state index is 11.7. The molecule has 2 aromatic carbocycles. The molecule has 0 saturated heterocycles. The first-order chi connectivity index (χ1) is 14.0. The highest BCUT2D eigenvalue weighted by Gasteiger charge is 2.19. The number of fused-ring (bicyclic) bond motifs is 2. The molecule has 7 nitrogen and oxygen atoms in total. The van der Waals surface area contributed by atoms with Gasteiger partial charge < -0.3 is 19.5 Å². The lowest BCUT2D eigenvalue weighted by Gasteiger charge is -2.21. The number of nitrogens with one attached hydrogen (secondary N) is 1. The van der Waals surface area contributed by atoms with Crippen molar-refractivity contribution in [1.29, 1.82) is 0 Å². The third-order valence-corrected chi connectivity index (χ3v) is 5.03. The van der Waals surface area contributed by atoms with Crippen molar-refractivity contribution in [3.8, 4) is 17.2 Å². The average Bonchev–Trinajstić information content (AvgIpc) is 2.72. The largest absolute Gasteiger partial charge is 0.493 e. The Morgan fingerprint density at radius 1 is 1.10 bits per heavy atom. The Labute approximate surface area is 169 Å². The Hall–Kier alpha value is -3.35. The summed E-state index contributed by atoms with van der Waals surface area (Å²) in [6.45, 7) is 4.06. The van der Waals surface area contributed by atoms with E-state index in [1.54, 1.807) is 14.2 Å². The van der Waals surface area contributed by atoms with Crippen LogP contribution in [0, 0.1) is 6.92 Å². The van der Waals surface area contributed by atoms with Crippen LogP contribution < -0.4 is 19.5 Å². The van der Waals surface area contributed by atoms with Crippen LogP contribution in [0.25, 0.3) is 10.9 Å². The Morgan fingerprint density at radius 2 is 1.86 bits per heavy atom. The van der Waals surface area contributed by atoms with Crippen molar-refractivity contribution in [2.24, 2.45) is 0 Å². The fourth-order valence-corrected chi connectivity index (χ4v) is 3.54. The standard InChI is InChI=1S/C22H23N3O4/c1-12(14-5-6-19-15(7-14)8-16(26)11-29-19)23-22-17-9-20(27-3)21(28-4)10-18(17)24-13(2)25-22/h5-7,9-10,12H,8,11H2,1-4H3,(H,23,24,25). The maximum atomic E-state index is 11.7. The monoisotopic (exact) mass is 393 g/mol. The maximum Gasteiger partial charge on any atom is 0.174 e. The van der Waals surface area contributed by atoms with Gasteiger partial charge in [-0.05, 0) is 37.6 Å². The number of hydrogen-bond acceptors (Lipinski definition) is 7. The van der Waals surface area contributed by atoms with Crippen molar-refractivity contribution in [1.82, 2.24) is 9.97 Å². The fraction of sp³-hybridized carbons (Fsp3) is 0.318. The number of ether oxygens (including phenoxy) is 3. The van der Waals surface area contributed by atoms with E-state index in [1.807, 2.05) is 37.3 Å². The molecule has 1 aromatic heterocycles. The topological polar surface area (TPSA) is 82.6 Å². The smallest absolute Gasteiger partial charge is 0.174 e. The third kappa shape index (κ3) is 3.68. The molecule has 4 rings (SSSR count). The molecule has 0 aliphatic carbocycles. The number of benzene rings is 2. The van der Waals surface area contributed by atoms with Gasteiger partial charge in [-0.25, -0.2) is 9.97 Å². The van der Waals surface area contributed by atoms with Gasteiger partial charge >= 0.3 is 0 Å². The van der Waals surface area contributed by atoms with Gasteiger partial charge in [0.2, 0.25) is 0 Å². The van der Waals surface area contributed by atoms with Gasteiger partial charge in [-0.15, -0.1) is 0 Å². The number of carbonyl (C=O) groups excluding carboxylic acids is 1. The fourth-order valence-electron chi connectivity index (χ4n) is 3.54. The summed E-state index contributed by atoms with van der Waals surface area (Å²) in [5.74, 6) is 3.48. The van der Waals surface area contributed by atoms with Crippen molar-refractivity contribution in [2.45, 2.75) is 26.3 Å². The molecule has 0 bridgehead atoms. The van der Waals surface area contributed by atoms with Crippen molar-refractivity contribution >= 4 is 22.5 Å².